The molecule has 2 atom stereocenters. The Morgan fingerprint density at radius 1 is 1.33 bits per heavy atom. The Morgan fingerprint density at radius 2 is 2.00 bits per heavy atom. The van der Waals surface area contributed by atoms with Gasteiger partial charge in [-0.05, 0) is 62.4 Å². The lowest BCUT2D eigenvalue weighted by Crippen LogP contribution is -2.50. The summed E-state index contributed by atoms with van der Waals surface area (Å²) in [5.74, 6) is -0.325. The zero-order valence-electron chi connectivity index (χ0n) is 17.3. The molecule has 0 saturated carbocycles. The number of nitrogens with two attached hydrogens (primary N) is 1. The number of carbonyl (C=O) groups is 2. The maximum absolute atomic E-state index is 12.7. The molecule has 0 spiro atoms. The van der Waals surface area contributed by atoms with E-state index in [4.69, 9.17) is 25.8 Å². The van der Waals surface area contributed by atoms with Gasteiger partial charge in [-0.3, -0.25) is 15.0 Å². The molecule has 2 fully saturated rings. The number of amides is 1. The molecular weight excluding hydrogens is 384 g/mol. The molecule has 5 N–H and O–H groups in total. The number of fused-ring (bicyclic) bond motifs is 2. The van der Waals surface area contributed by atoms with Gasteiger partial charge in [-0.2, -0.15) is 0 Å². The molecule has 2 saturated heterocycles. The predicted molar refractivity (Wildman–Crippen MR) is 116 cm³/mol. The van der Waals surface area contributed by atoms with Gasteiger partial charge < -0.3 is 25.8 Å². The van der Waals surface area contributed by atoms with Crippen LogP contribution in [0.2, 0.25) is 0 Å². The first-order valence-electron chi connectivity index (χ1n) is 10.3. The topological polar surface area (TPSA) is 129 Å². The Bertz CT molecular complexity index is 824. The third kappa shape index (κ3) is 4.88. The Hall–Kier alpha value is -2.71. The number of ether oxygens (including phenoxy) is 1. The monoisotopic (exact) mass is 414 g/mol. The molecule has 1 aromatic rings. The van der Waals surface area contributed by atoms with Gasteiger partial charge in [-0.15, -0.1) is 0 Å². The molecule has 3 heterocycles. The molecule has 162 valence electrons. The average Bonchev–Trinajstić information content (AvgIpc) is 2.95. The van der Waals surface area contributed by atoms with Gasteiger partial charge in [0.15, 0.2) is 0 Å². The Labute approximate surface area is 176 Å². The number of hydrogen-bond acceptors (Lipinski definition) is 6. The second kappa shape index (κ2) is 9.86. The highest BCUT2D eigenvalue weighted by molar-refractivity contribution is 6.45. The molecule has 2 bridgehead atoms. The molecule has 0 aromatic heterocycles. The molecule has 30 heavy (non-hydrogen) atoms. The summed E-state index contributed by atoms with van der Waals surface area (Å²) in [6.45, 7) is 1.05. The summed E-state index contributed by atoms with van der Waals surface area (Å²) in [6, 6.07) is 6.87. The van der Waals surface area contributed by atoms with Gasteiger partial charge in [0, 0.05) is 29.4 Å². The summed E-state index contributed by atoms with van der Waals surface area (Å²) >= 11 is 0. The lowest BCUT2D eigenvalue weighted by atomic mass is 9.95. The van der Waals surface area contributed by atoms with E-state index in [1.165, 1.54) is 18.4 Å². The van der Waals surface area contributed by atoms with Crippen LogP contribution < -0.4 is 11.1 Å². The van der Waals surface area contributed by atoms with Crippen LogP contribution in [0.1, 0.15) is 43.2 Å². The molecule has 0 radical (unpaired) electrons. The Morgan fingerprint density at radius 3 is 2.60 bits per heavy atom. The van der Waals surface area contributed by atoms with Crippen LogP contribution in [-0.4, -0.2) is 66.5 Å². The average molecular weight is 415 g/mol. The molecule has 1 aromatic carbocycles. The van der Waals surface area contributed by atoms with Crippen LogP contribution >= 0.6 is 0 Å². The minimum atomic E-state index is -0.325. The highest BCUT2D eigenvalue weighted by Gasteiger charge is 2.39. The smallest absolute Gasteiger partial charge is 0.290 e. The van der Waals surface area contributed by atoms with Gasteiger partial charge in [-0.25, -0.2) is 0 Å². The number of benzene rings is 1. The van der Waals surface area contributed by atoms with Gasteiger partial charge >= 0.3 is 0 Å². The van der Waals surface area contributed by atoms with Gasteiger partial charge in [0.05, 0.1) is 13.2 Å². The first-order chi connectivity index (χ1) is 14.4. The number of hydrogen-bond donors (Lipinski definition) is 4. The summed E-state index contributed by atoms with van der Waals surface area (Å²) in [5.41, 5.74) is 9.21. The lowest BCUT2D eigenvalue weighted by molar-refractivity contribution is -0.123. The summed E-state index contributed by atoms with van der Waals surface area (Å²) in [7, 11) is 2.18. The maximum Gasteiger partial charge on any atom is 0.290 e. The molecule has 3 aliphatic heterocycles. The molecule has 4 rings (SSSR count). The molecule has 1 amide bonds. The number of nitrogens with one attached hydrogen (secondary N) is 2. The lowest BCUT2D eigenvalue weighted by Gasteiger charge is -2.36. The van der Waals surface area contributed by atoms with Crippen LogP contribution in [0.3, 0.4) is 0 Å². The van der Waals surface area contributed by atoms with Crippen molar-refractivity contribution in [3.8, 4) is 0 Å². The van der Waals surface area contributed by atoms with Crippen molar-refractivity contribution in [1.82, 2.24) is 10.2 Å². The molecule has 2 unspecified atom stereocenters. The molecule has 0 aliphatic carbocycles. The second-order valence-electron chi connectivity index (χ2n) is 8.03. The number of anilines is 1. The van der Waals surface area contributed by atoms with Gasteiger partial charge in [0.25, 0.3) is 12.4 Å². The van der Waals surface area contributed by atoms with Crippen molar-refractivity contribution < 1.29 is 19.4 Å². The largest absolute Gasteiger partial charge is 0.483 e. The Balaban J connectivity index is 0.000000806. The van der Waals surface area contributed by atoms with Gasteiger partial charge in [0.2, 0.25) is 0 Å². The number of piperidine rings is 1. The first-order valence-corrected chi connectivity index (χ1v) is 10.3. The standard InChI is InChI=1S/C21H28N4O2.CH2O2/c1-25-16-3-4-17(25)12-15(11-16)24-21(26)20(23)18-10-14(2-5-19(18)22)13-6-8-27-9-7-13;2-1-3/h2,5-6,10,15-17,23H,3-4,7-9,11-12,22H2,1H3,(H,24,26);1H,(H,2,3). The van der Waals surface area contributed by atoms with E-state index in [2.05, 4.69) is 23.3 Å². The van der Waals surface area contributed by atoms with Crippen LogP contribution in [0.25, 0.3) is 5.57 Å². The van der Waals surface area contributed by atoms with E-state index in [1.54, 1.807) is 6.07 Å². The second-order valence-corrected chi connectivity index (χ2v) is 8.03. The third-order valence-electron chi connectivity index (χ3n) is 6.32. The highest BCUT2D eigenvalue weighted by Crippen LogP contribution is 2.34. The summed E-state index contributed by atoms with van der Waals surface area (Å²) in [5, 5.41) is 18.4. The van der Waals surface area contributed by atoms with E-state index in [-0.39, 0.29) is 24.1 Å². The van der Waals surface area contributed by atoms with Crippen LogP contribution in [0, 0.1) is 5.41 Å². The van der Waals surface area contributed by atoms with Crippen LogP contribution in [0.15, 0.2) is 24.3 Å². The quantitative estimate of drug-likeness (QED) is 0.338. The fraction of sp³-hybridized carbons (Fsp3) is 0.500. The molecule has 8 nitrogen and oxygen atoms in total. The van der Waals surface area contributed by atoms with E-state index < -0.39 is 0 Å². The summed E-state index contributed by atoms with van der Waals surface area (Å²) in [6.07, 6.45) is 7.23. The summed E-state index contributed by atoms with van der Waals surface area (Å²) < 4.78 is 5.36. The van der Waals surface area contributed by atoms with Crippen LogP contribution in [0.4, 0.5) is 5.69 Å². The van der Waals surface area contributed by atoms with Gasteiger partial charge in [0.1, 0.15) is 5.71 Å². The van der Waals surface area contributed by atoms with Gasteiger partial charge in [-0.1, -0.05) is 12.1 Å². The predicted octanol–water partition coefficient (Wildman–Crippen LogP) is 1.88. The molecular formula is C22H30N4O4. The summed E-state index contributed by atoms with van der Waals surface area (Å²) in [4.78, 5) is 23.5. The highest BCUT2D eigenvalue weighted by atomic mass is 16.5. The number of nitrogens with zero attached hydrogens (tertiary/aromatic N) is 1. The molecule has 8 heteroatoms. The SMILES string of the molecule is CN1C2CCC1CC(NC(=O)C(=N)c1cc(C3=CCOCC3)ccc1N)C2.O=CO. The van der Waals surface area contributed by atoms with Crippen molar-refractivity contribution in [3.05, 3.63) is 35.4 Å². The minimum Gasteiger partial charge on any atom is -0.483 e. The van der Waals surface area contributed by atoms with E-state index >= 15 is 0 Å². The number of rotatable bonds is 4. The van der Waals surface area contributed by atoms with Crippen molar-refractivity contribution in [2.75, 3.05) is 26.0 Å². The van der Waals surface area contributed by atoms with Crippen molar-refractivity contribution in [1.29, 1.82) is 5.41 Å². The van der Waals surface area contributed by atoms with E-state index in [1.807, 2.05) is 12.1 Å². The van der Waals surface area contributed by atoms with Crippen molar-refractivity contribution in [2.24, 2.45) is 0 Å². The van der Waals surface area contributed by atoms with Crippen molar-refractivity contribution in [2.45, 2.75) is 50.2 Å². The Kier molecular flexibility index (Phi) is 7.23. The van der Waals surface area contributed by atoms with E-state index in [9.17, 15) is 4.79 Å². The first kappa shape index (κ1) is 22.0. The normalized spacial score (nSPS) is 25.5. The number of carboxylic acid groups (broad SMARTS) is 1. The van der Waals surface area contributed by atoms with E-state index in [0.717, 1.165) is 24.8 Å². The fourth-order valence-corrected chi connectivity index (χ4v) is 4.67. The van der Waals surface area contributed by atoms with Crippen LogP contribution in [0.5, 0.6) is 0 Å². The fourth-order valence-electron chi connectivity index (χ4n) is 4.67. The zero-order valence-corrected chi connectivity index (χ0v) is 17.3. The molecule has 3 aliphatic rings. The number of carbonyl (C=O) groups excluding carboxylic acids is 1. The maximum atomic E-state index is 12.7. The third-order valence-corrected chi connectivity index (χ3v) is 6.32. The van der Waals surface area contributed by atoms with Crippen LogP contribution in [-0.2, 0) is 14.3 Å². The number of nitrogen functional groups attached to an aromatic ring is 1. The minimum absolute atomic E-state index is 0.0479. The van der Waals surface area contributed by atoms with E-state index in [0.29, 0.717) is 36.5 Å². The van der Waals surface area contributed by atoms with Crippen molar-refractivity contribution in [3.63, 3.8) is 0 Å². The zero-order chi connectivity index (χ0) is 21.7. The van der Waals surface area contributed by atoms with Crippen molar-refractivity contribution >= 4 is 29.4 Å².